The number of aromatic hydroxyl groups is 1. The quantitative estimate of drug-likeness (QED) is 0.526. The molecular formula is C18H16N4O4. The number of fused-ring (bicyclic) bond motifs is 1. The first-order valence-corrected chi connectivity index (χ1v) is 7.78. The van der Waals surface area contributed by atoms with E-state index in [1.165, 1.54) is 12.3 Å². The monoisotopic (exact) mass is 352 g/mol. The van der Waals surface area contributed by atoms with Crippen LogP contribution in [0.2, 0.25) is 0 Å². The molecule has 0 spiro atoms. The third-order valence-corrected chi connectivity index (χ3v) is 3.55. The second-order valence-electron chi connectivity index (χ2n) is 5.40. The first kappa shape index (κ1) is 17.2. The smallest absolute Gasteiger partial charge is 0.294 e. The number of amides is 1. The number of carbonyl (C=O) groups excluding carboxylic acids is 1. The van der Waals surface area contributed by atoms with Gasteiger partial charge in [0, 0.05) is 5.56 Å². The number of nitrogens with one attached hydrogen (secondary N) is 1. The molecule has 8 heteroatoms. The molecule has 3 rings (SSSR count). The molecule has 1 heterocycles. The van der Waals surface area contributed by atoms with Crippen molar-refractivity contribution in [1.29, 1.82) is 0 Å². The maximum Gasteiger partial charge on any atom is 0.294 e. The Morgan fingerprint density at radius 3 is 2.81 bits per heavy atom. The summed E-state index contributed by atoms with van der Waals surface area (Å²) in [5, 5.41) is 13.7. The minimum absolute atomic E-state index is 0.0474. The lowest BCUT2D eigenvalue weighted by molar-refractivity contribution is -0.126. The predicted octanol–water partition coefficient (Wildman–Crippen LogP) is 0.989. The lowest BCUT2D eigenvalue weighted by atomic mass is 10.2. The first-order chi connectivity index (χ1) is 12.6. The maximum absolute atomic E-state index is 12.4. The van der Waals surface area contributed by atoms with Crippen molar-refractivity contribution in [2.45, 2.75) is 6.92 Å². The summed E-state index contributed by atoms with van der Waals surface area (Å²) in [6.45, 7) is 1.20. The second kappa shape index (κ2) is 7.47. The number of hydrogen-bond acceptors (Lipinski definition) is 6. The molecule has 0 fully saturated rings. The molecule has 0 saturated carbocycles. The number of aromatic nitrogens is 2. The molecule has 0 atom stereocenters. The average Bonchev–Trinajstić information content (AvgIpc) is 2.63. The van der Waals surface area contributed by atoms with E-state index >= 15 is 0 Å². The standard InChI is InChI=1S/C18H16N4O4/c1-12-20-15-8-4-3-7-14(15)18(25)22(12)26-11-17(24)21-19-10-13-6-2-5-9-16(13)23/h2-10,23H,11H2,1H3,(H,21,24)/b19-10+. The minimum atomic E-state index is -0.559. The Morgan fingerprint density at radius 2 is 2.00 bits per heavy atom. The van der Waals surface area contributed by atoms with Crippen LogP contribution in [0.25, 0.3) is 10.9 Å². The summed E-state index contributed by atoms with van der Waals surface area (Å²) in [5.74, 6) is -0.179. The van der Waals surface area contributed by atoms with Crippen LogP contribution in [-0.2, 0) is 4.79 Å². The molecule has 0 radical (unpaired) electrons. The van der Waals surface area contributed by atoms with Crippen molar-refractivity contribution in [2.24, 2.45) is 5.10 Å². The number of rotatable bonds is 5. The molecule has 0 aliphatic carbocycles. The van der Waals surface area contributed by atoms with Crippen LogP contribution < -0.4 is 15.8 Å². The van der Waals surface area contributed by atoms with Gasteiger partial charge >= 0.3 is 0 Å². The van der Waals surface area contributed by atoms with Crippen LogP contribution in [0.5, 0.6) is 5.75 Å². The number of phenols is 1. The Hall–Kier alpha value is -3.68. The minimum Gasteiger partial charge on any atom is -0.507 e. The van der Waals surface area contributed by atoms with Gasteiger partial charge < -0.3 is 9.94 Å². The summed E-state index contributed by atoms with van der Waals surface area (Å²) in [4.78, 5) is 33.8. The van der Waals surface area contributed by atoms with Crippen molar-refractivity contribution in [3.63, 3.8) is 0 Å². The van der Waals surface area contributed by atoms with Crippen molar-refractivity contribution in [1.82, 2.24) is 15.1 Å². The van der Waals surface area contributed by atoms with Crippen LogP contribution in [0.4, 0.5) is 0 Å². The Balaban J connectivity index is 1.66. The highest BCUT2D eigenvalue weighted by molar-refractivity contribution is 5.85. The average molecular weight is 352 g/mol. The van der Waals surface area contributed by atoms with E-state index in [1.807, 2.05) is 0 Å². The number of nitrogens with zero attached hydrogens (tertiary/aromatic N) is 3. The molecule has 2 aromatic carbocycles. The molecule has 1 amide bonds. The molecule has 0 bridgehead atoms. The normalized spacial score (nSPS) is 11.0. The van der Waals surface area contributed by atoms with Crippen molar-refractivity contribution in [3.8, 4) is 5.75 Å². The highest BCUT2D eigenvalue weighted by atomic mass is 16.7. The van der Waals surface area contributed by atoms with Gasteiger partial charge in [-0.1, -0.05) is 24.3 Å². The van der Waals surface area contributed by atoms with Crippen LogP contribution in [0.15, 0.2) is 58.4 Å². The number of benzene rings is 2. The number of carbonyl (C=O) groups is 1. The topological polar surface area (TPSA) is 106 Å². The molecule has 0 aliphatic heterocycles. The number of aryl methyl sites for hydroxylation is 1. The fourth-order valence-corrected chi connectivity index (χ4v) is 2.31. The van der Waals surface area contributed by atoms with E-state index in [9.17, 15) is 14.7 Å². The Bertz CT molecular complexity index is 1040. The number of phenolic OH excluding ortho intramolecular Hbond substituents is 1. The van der Waals surface area contributed by atoms with Crippen LogP contribution >= 0.6 is 0 Å². The summed E-state index contributed by atoms with van der Waals surface area (Å²) < 4.78 is 0.981. The van der Waals surface area contributed by atoms with Crippen LogP contribution in [0, 0.1) is 6.92 Å². The van der Waals surface area contributed by atoms with Gasteiger partial charge in [-0.05, 0) is 31.2 Å². The highest BCUT2D eigenvalue weighted by Crippen LogP contribution is 2.12. The van der Waals surface area contributed by atoms with E-state index in [4.69, 9.17) is 4.84 Å². The zero-order valence-electron chi connectivity index (χ0n) is 13.9. The van der Waals surface area contributed by atoms with Gasteiger partial charge in [-0.3, -0.25) is 9.59 Å². The molecule has 8 nitrogen and oxygen atoms in total. The summed E-state index contributed by atoms with van der Waals surface area (Å²) in [6.07, 6.45) is 1.31. The molecule has 3 aromatic rings. The van der Waals surface area contributed by atoms with Gasteiger partial charge in [-0.2, -0.15) is 5.10 Å². The van der Waals surface area contributed by atoms with Crippen molar-refractivity contribution >= 4 is 23.0 Å². The fourth-order valence-electron chi connectivity index (χ4n) is 2.31. The molecule has 2 N–H and O–H groups in total. The molecule has 132 valence electrons. The molecule has 0 aliphatic rings. The number of hydrogen-bond donors (Lipinski definition) is 2. The molecule has 1 aromatic heterocycles. The van der Waals surface area contributed by atoms with Gasteiger partial charge in [0.1, 0.15) is 11.6 Å². The van der Waals surface area contributed by atoms with Gasteiger partial charge in [0.2, 0.25) is 0 Å². The molecule has 0 saturated heterocycles. The third kappa shape index (κ3) is 3.69. The Kier molecular flexibility index (Phi) is 4.93. The molecule has 26 heavy (non-hydrogen) atoms. The predicted molar refractivity (Wildman–Crippen MR) is 96.0 cm³/mol. The SMILES string of the molecule is Cc1nc2ccccc2c(=O)n1OCC(=O)N/N=C/c1ccccc1O. The van der Waals surface area contributed by atoms with E-state index in [2.05, 4.69) is 15.5 Å². The third-order valence-electron chi connectivity index (χ3n) is 3.55. The summed E-state index contributed by atoms with van der Waals surface area (Å²) >= 11 is 0. The summed E-state index contributed by atoms with van der Waals surface area (Å²) in [7, 11) is 0. The van der Waals surface area contributed by atoms with Gasteiger partial charge in [0.15, 0.2) is 6.61 Å². The van der Waals surface area contributed by atoms with Crippen LogP contribution in [0.1, 0.15) is 11.4 Å². The van der Waals surface area contributed by atoms with Crippen LogP contribution in [-0.4, -0.2) is 33.5 Å². The lowest BCUT2D eigenvalue weighted by Gasteiger charge is -2.11. The van der Waals surface area contributed by atoms with E-state index in [0.29, 0.717) is 22.3 Å². The number of hydrazone groups is 1. The van der Waals surface area contributed by atoms with E-state index < -0.39 is 18.1 Å². The Morgan fingerprint density at radius 1 is 1.27 bits per heavy atom. The van der Waals surface area contributed by atoms with E-state index in [0.717, 1.165) is 4.73 Å². The first-order valence-electron chi connectivity index (χ1n) is 7.78. The maximum atomic E-state index is 12.4. The summed E-state index contributed by atoms with van der Waals surface area (Å²) in [5.41, 5.74) is 2.89. The van der Waals surface area contributed by atoms with Crippen molar-refractivity contribution < 1.29 is 14.7 Å². The van der Waals surface area contributed by atoms with Crippen LogP contribution in [0.3, 0.4) is 0 Å². The van der Waals surface area contributed by atoms with E-state index in [-0.39, 0.29) is 5.75 Å². The fraction of sp³-hybridized carbons (Fsp3) is 0.111. The Labute approximate surface area is 148 Å². The van der Waals surface area contributed by atoms with Crippen molar-refractivity contribution in [3.05, 3.63) is 70.3 Å². The van der Waals surface area contributed by atoms with Gasteiger partial charge in [0.05, 0.1) is 17.1 Å². The van der Waals surface area contributed by atoms with Gasteiger partial charge in [-0.25, -0.2) is 10.4 Å². The zero-order chi connectivity index (χ0) is 18.5. The van der Waals surface area contributed by atoms with E-state index in [1.54, 1.807) is 49.4 Å². The van der Waals surface area contributed by atoms with Gasteiger partial charge in [0.25, 0.3) is 11.5 Å². The van der Waals surface area contributed by atoms with Crippen molar-refractivity contribution in [2.75, 3.05) is 6.61 Å². The lowest BCUT2D eigenvalue weighted by Crippen LogP contribution is -2.35. The van der Waals surface area contributed by atoms with Gasteiger partial charge in [-0.15, -0.1) is 4.73 Å². The second-order valence-corrected chi connectivity index (χ2v) is 5.40. The number of para-hydroxylation sites is 2. The largest absolute Gasteiger partial charge is 0.507 e. The zero-order valence-corrected chi connectivity index (χ0v) is 13.9. The summed E-state index contributed by atoms with van der Waals surface area (Å²) in [6, 6.07) is 13.4. The molecular weight excluding hydrogens is 336 g/mol. The molecule has 0 unspecified atom stereocenters. The highest BCUT2D eigenvalue weighted by Gasteiger charge is 2.10.